The quantitative estimate of drug-likeness (QED) is 0.751. The van der Waals surface area contributed by atoms with E-state index in [1.807, 2.05) is 55.5 Å². The number of hydrogen-bond donors (Lipinski definition) is 1. The zero-order valence-corrected chi connectivity index (χ0v) is 14.3. The molecule has 0 spiro atoms. The van der Waals surface area contributed by atoms with Crippen LogP contribution in [0.5, 0.6) is 0 Å². The molecule has 0 unspecified atom stereocenters. The predicted molar refractivity (Wildman–Crippen MR) is 95.1 cm³/mol. The summed E-state index contributed by atoms with van der Waals surface area (Å²) in [5, 5.41) is 9.10. The summed E-state index contributed by atoms with van der Waals surface area (Å²) in [6.07, 6.45) is 1.62. The summed E-state index contributed by atoms with van der Waals surface area (Å²) in [5.41, 5.74) is 4.06. The fourth-order valence-electron chi connectivity index (χ4n) is 3.41. The minimum absolute atomic E-state index is 0.186. The van der Waals surface area contributed by atoms with Gasteiger partial charge in [-0.2, -0.15) is 0 Å². The van der Waals surface area contributed by atoms with Crippen LogP contribution in [0.3, 0.4) is 0 Å². The van der Waals surface area contributed by atoms with E-state index in [0.29, 0.717) is 6.42 Å². The number of unbranched alkanes of at least 4 members (excludes halogenated alkanes) is 1. The second kappa shape index (κ2) is 7.51. The second-order valence-electron chi connectivity index (χ2n) is 6.43. The highest BCUT2D eigenvalue weighted by molar-refractivity contribution is 5.82. The molecule has 0 saturated heterocycles. The van der Waals surface area contributed by atoms with Gasteiger partial charge < -0.3 is 9.84 Å². The van der Waals surface area contributed by atoms with Gasteiger partial charge >= 0.3 is 11.9 Å². The maximum absolute atomic E-state index is 12.7. The first-order valence-corrected chi connectivity index (χ1v) is 8.72. The van der Waals surface area contributed by atoms with Crippen LogP contribution in [0, 0.1) is 5.92 Å². The summed E-state index contributed by atoms with van der Waals surface area (Å²) < 4.78 is 5.82. The summed E-state index contributed by atoms with van der Waals surface area (Å²) in [6.45, 7) is 2.02. The van der Waals surface area contributed by atoms with Crippen LogP contribution in [-0.4, -0.2) is 17.0 Å². The summed E-state index contributed by atoms with van der Waals surface area (Å²) in [5.74, 6) is -1.99. The monoisotopic (exact) mass is 338 g/mol. The van der Waals surface area contributed by atoms with Crippen molar-refractivity contribution in [3.63, 3.8) is 0 Å². The van der Waals surface area contributed by atoms with Crippen LogP contribution in [0.2, 0.25) is 0 Å². The van der Waals surface area contributed by atoms with Crippen molar-refractivity contribution in [1.29, 1.82) is 0 Å². The van der Waals surface area contributed by atoms with Crippen molar-refractivity contribution in [1.82, 2.24) is 0 Å². The summed E-state index contributed by atoms with van der Waals surface area (Å²) >= 11 is 0. The Kier molecular flexibility index (Phi) is 5.17. The topological polar surface area (TPSA) is 63.6 Å². The molecule has 3 rings (SSSR count). The average molecular weight is 338 g/mol. The lowest BCUT2D eigenvalue weighted by Crippen LogP contribution is -2.23. The van der Waals surface area contributed by atoms with E-state index in [1.54, 1.807) is 0 Å². The Morgan fingerprint density at radius 2 is 1.60 bits per heavy atom. The third-order valence-electron chi connectivity index (χ3n) is 4.67. The average Bonchev–Trinajstić information content (AvgIpc) is 2.93. The lowest BCUT2D eigenvalue weighted by atomic mass is 9.98. The number of carboxylic acid groups (broad SMARTS) is 1. The van der Waals surface area contributed by atoms with Gasteiger partial charge in [0.2, 0.25) is 0 Å². The van der Waals surface area contributed by atoms with Crippen LogP contribution in [0.25, 0.3) is 11.1 Å². The molecule has 25 heavy (non-hydrogen) atoms. The number of fused-ring (bicyclic) bond motifs is 3. The van der Waals surface area contributed by atoms with Gasteiger partial charge in [0, 0.05) is 11.1 Å². The third-order valence-corrected chi connectivity index (χ3v) is 4.67. The maximum Gasteiger partial charge on any atom is 0.310 e. The van der Waals surface area contributed by atoms with E-state index in [1.165, 1.54) is 0 Å². The van der Waals surface area contributed by atoms with Crippen LogP contribution in [-0.2, 0) is 14.3 Å². The van der Waals surface area contributed by atoms with E-state index in [9.17, 15) is 9.59 Å². The van der Waals surface area contributed by atoms with E-state index in [-0.39, 0.29) is 6.42 Å². The first-order valence-electron chi connectivity index (χ1n) is 8.72. The molecule has 2 aromatic carbocycles. The molecular weight excluding hydrogens is 316 g/mol. The van der Waals surface area contributed by atoms with Gasteiger partial charge in [-0.25, -0.2) is 0 Å². The zero-order valence-electron chi connectivity index (χ0n) is 14.3. The normalized spacial score (nSPS) is 13.8. The van der Waals surface area contributed by atoms with E-state index in [2.05, 4.69) is 0 Å². The van der Waals surface area contributed by atoms with Crippen molar-refractivity contribution in [2.75, 3.05) is 0 Å². The summed E-state index contributed by atoms with van der Waals surface area (Å²) in [7, 11) is 0. The highest BCUT2D eigenvalue weighted by atomic mass is 16.5. The molecule has 0 heterocycles. The summed E-state index contributed by atoms with van der Waals surface area (Å²) in [4.78, 5) is 23.8. The number of ether oxygens (including phenoxy) is 1. The number of aliphatic carboxylic acids is 1. The Balaban J connectivity index is 1.86. The molecule has 1 aliphatic rings. The van der Waals surface area contributed by atoms with Crippen LogP contribution in [0.4, 0.5) is 0 Å². The van der Waals surface area contributed by atoms with Crippen molar-refractivity contribution >= 4 is 11.9 Å². The van der Waals surface area contributed by atoms with Gasteiger partial charge in [-0.3, -0.25) is 9.59 Å². The van der Waals surface area contributed by atoms with E-state index >= 15 is 0 Å². The molecule has 1 N–H and O–H groups in total. The molecule has 0 aromatic heterocycles. The fraction of sp³-hybridized carbons (Fsp3) is 0.333. The Morgan fingerprint density at radius 1 is 1.04 bits per heavy atom. The van der Waals surface area contributed by atoms with Crippen molar-refractivity contribution in [2.45, 2.75) is 38.7 Å². The van der Waals surface area contributed by atoms with Crippen molar-refractivity contribution in [3.8, 4) is 11.1 Å². The molecule has 1 atom stereocenters. The molecule has 0 bridgehead atoms. The number of carbonyl (C=O) groups excluding carboxylic acids is 1. The van der Waals surface area contributed by atoms with E-state index in [0.717, 1.165) is 35.1 Å². The largest absolute Gasteiger partial charge is 0.481 e. The van der Waals surface area contributed by atoms with Crippen LogP contribution in [0.1, 0.15) is 49.8 Å². The smallest absolute Gasteiger partial charge is 0.310 e. The van der Waals surface area contributed by atoms with E-state index < -0.39 is 24.0 Å². The Labute approximate surface area is 147 Å². The van der Waals surface area contributed by atoms with Gasteiger partial charge in [0.15, 0.2) is 6.10 Å². The van der Waals surface area contributed by atoms with Crippen molar-refractivity contribution in [2.24, 2.45) is 5.92 Å². The number of hydrogen-bond acceptors (Lipinski definition) is 3. The predicted octanol–water partition coefficient (Wildman–Crippen LogP) is 4.58. The number of carboxylic acids is 1. The lowest BCUT2D eigenvalue weighted by Gasteiger charge is -2.19. The molecule has 0 saturated carbocycles. The first-order chi connectivity index (χ1) is 12.1. The molecule has 0 aliphatic heterocycles. The van der Waals surface area contributed by atoms with Gasteiger partial charge in [0.25, 0.3) is 0 Å². The van der Waals surface area contributed by atoms with Gasteiger partial charge in [0.05, 0.1) is 12.3 Å². The molecule has 4 nitrogen and oxygen atoms in total. The molecule has 130 valence electrons. The van der Waals surface area contributed by atoms with Crippen LogP contribution >= 0.6 is 0 Å². The molecule has 0 fully saturated rings. The molecule has 0 radical (unpaired) electrons. The van der Waals surface area contributed by atoms with Crippen molar-refractivity contribution < 1.29 is 19.4 Å². The highest BCUT2D eigenvalue weighted by Gasteiger charge is 2.33. The molecule has 0 amide bonds. The van der Waals surface area contributed by atoms with Crippen molar-refractivity contribution in [3.05, 3.63) is 59.7 Å². The number of esters is 1. The minimum atomic E-state index is -0.967. The summed E-state index contributed by atoms with van der Waals surface area (Å²) in [6, 6.07) is 15.8. The Bertz CT molecular complexity index is 735. The Hall–Kier alpha value is -2.62. The SMILES string of the molecule is CCCC[C@H](CC(=O)O)C(=O)OC1c2ccccc2-c2ccccc21. The lowest BCUT2D eigenvalue weighted by molar-refractivity contribution is -0.156. The second-order valence-corrected chi connectivity index (χ2v) is 6.43. The number of benzene rings is 2. The van der Waals surface area contributed by atoms with Gasteiger partial charge in [-0.05, 0) is 17.5 Å². The highest BCUT2D eigenvalue weighted by Crippen LogP contribution is 2.45. The number of rotatable bonds is 7. The molecule has 2 aromatic rings. The maximum atomic E-state index is 12.7. The van der Waals surface area contributed by atoms with Gasteiger partial charge in [-0.15, -0.1) is 0 Å². The fourth-order valence-corrected chi connectivity index (χ4v) is 3.41. The van der Waals surface area contributed by atoms with E-state index in [4.69, 9.17) is 9.84 Å². The molecule has 1 aliphatic carbocycles. The zero-order chi connectivity index (χ0) is 17.8. The molecule has 4 heteroatoms. The molecular formula is C21H22O4. The standard InChI is InChI=1S/C21H22O4/c1-2-3-8-14(13-19(22)23)21(24)25-20-17-11-6-4-9-15(17)16-10-5-7-12-18(16)20/h4-7,9-12,14,20H,2-3,8,13H2,1H3,(H,22,23)/t14-/m1/s1. The minimum Gasteiger partial charge on any atom is -0.481 e. The third kappa shape index (κ3) is 3.58. The van der Waals surface area contributed by atoms with Gasteiger partial charge in [0.1, 0.15) is 0 Å². The van der Waals surface area contributed by atoms with Crippen LogP contribution < -0.4 is 0 Å². The van der Waals surface area contributed by atoms with Gasteiger partial charge in [-0.1, -0.05) is 68.3 Å². The Morgan fingerprint density at radius 3 is 2.12 bits per heavy atom. The first kappa shape index (κ1) is 17.2. The number of carbonyl (C=O) groups is 2. The van der Waals surface area contributed by atoms with Crippen LogP contribution in [0.15, 0.2) is 48.5 Å².